The molecule has 0 atom stereocenters. The Morgan fingerprint density at radius 1 is 1.50 bits per heavy atom. The van der Waals surface area contributed by atoms with E-state index in [-0.39, 0.29) is 5.91 Å². The SMILES string of the molecule is [CH2]CCCC(=O)N(C)CC(C)C. The van der Waals surface area contributed by atoms with Crippen molar-refractivity contribution in [2.75, 3.05) is 13.6 Å². The lowest BCUT2D eigenvalue weighted by Gasteiger charge is -2.18. The van der Waals surface area contributed by atoms with Gasteiger partial charge < -0.3 is 4.90 Å². The quantitative estimate of drug-likeness (QED) is 0.619. The Balaban J connectivity index is 3.61. The van der Waals surface area contributed by atoms with Gasteiger partial charge in [0.15, 0.2) is 0 Å². The van der Waals surface area contributed by atoms with Crippen LogP contribution in [0.1, 0.15) is 33.1 Å². The van der Waals surface area contributed by atoms with Crippen molar-refractivity contribution in [2.45, 2.75) is 33.1 Å². The van der Waals surface area contributed by atoms with Gasteiger partial charge in [-0.05, 0) is 12.3 Å². The highest BCUT2D eigenvalue weighted by atomic mass is 16.2. The van der Waals surface area contributed by atoms with Gasteiger partial charge >= 0.3 is 0 Å². The van der Waals surface area contributed by atoms with E-state index in [9.17, 15) is 4.79 Å². The van der Waals surface area contributed by atoms with Gasteiger partial charge in [0.1, 0.15) is 0 Å². The fourth-order valence-electron chi connectivity index (χ4n) is 1.12. The molecule has 0 aliphatic carbocycles. The average molecular weight is 170 g/mol. The van der Waals surface area contributed by atoms with Crippen molar-refractivity contribution in [3.05, 3.63) is 6.92 Å². The van der Waals surface area contributed by atoms with Gasteiger partial charge in [-0.25, -0.2) is 0 Å². The molecule has 0 saturated carbocycles. The standard InChI is InChI=1S/C10H20NO/c1-5-6-7-10(12)11(4)8-9(2)3/h9H,1,5-8H2,2-4H3. The zero-order valence-electron chi connectivity index (χ0n) is 8.47. The van der Waals surface area contributed by atoms with E-state index < -0.39 is 0 Å². The van der Waals surface area contributed by atoms with Gasteiger partial charge in [-0.3, -0.25) is 4.79 Å². The number of unbranched alkanes of at least 4 members (excludes halogenated alkanes) is 1. The monoisotopic (exact) mass is 170 g/mol. The van der Waals surface area contributed by atoms with Gasteiger partial charge in [0.2, 0.25) is 5.91 Å². The summed E-state index contributed by atoms with van der Waals surface area (Å²) in [4.78, 5) is 13.1. The first-order valence-corrected chi connectivity index (χ1v) is 4.61. The second-order valence-electron chi connectivity index (χ2n) is 3.63. The van der Waals surface area contributed by atoms with Gasteiger partial charge in [0.25, 0.3) is 0 Å². The van der Waals surface area contributed by atoms with Crippen molar-refractivity contribution in [3.63, 3.8) is 0 Å². The molecular formula is C10H20NO. The molecule has 0 aromatic carbocycles. The molecule has 0 spiro atoms. The molecule has 0 saturated heterocycles. The van der Waals surface area contributed by atoms with Crippen molar-refractivity contribution in [1.29, 1.82) is 0 Å². The summed E-state index contributed by atoms with van der Waals surface area (Å²) in [6.07, 6.45) is 2.40. The minimum atomic E-state index is 0.243. The van der Waals surface area contributed by atoms with Crippen LogP contribution in [0.3, 0.4) is 0 Å². The summed E-state index contributed by atoms with van der Waals surface area (Å²) in [5.41, 5.74) is 0. The van der Waals surface area contributed by atoms with Crippen LogP contribution in [-0.2, 0) is 4.79 Å². The molecule has 2 heteroatoms. The fourth-order valence-corrected chi connectivity index (χ4v) is 1.12. The third kappa shape index (κ3) is 5.16. The van der Waals surface area contributed by atoms with Crippen molar-refractivity contribution in [1.82, 2.24) is 4.90 Å². The van der Waals surface area contributed by atoms with Crippen molar-refractivity contribution in [3.8, 4) is 0 Å². The van der Waals surface area contributed by atoms with E-state index in [1.807, 2.05) is 7.05 Å². The summed E-state index contributed by atoms with van der Waals surface area (Å²) in [5.74, 6) is 0.797. The van der Waals surface area contributed by atoms with Crippen LogP contribution in [0.25, 0.3) is 0 Å². The number of carbonyl (C=O) groups is 1. The highest BCUT2D eigenvalue weighted by Crippen LogP contribution is 2.01. The van der Waals surface area contributed by atoms with Crippen LogP contribution >= 0.6 is 0 Å². The van der Waals surface area contributed by atoms with E-state index in [1.54, 1.807) is 4.90 Å². The molecule has 0 aliphatic heterocycles. The Labute approximate surface area is 75.9 Å². The summed E-state index contributed by atoms with van der Waals surface area (Å²) in [6.45, 7) is 8.80. The van der Waals surface area contributed by atoms with Gasteiger partial charge in [-0.1, -0.05) is 27.2 Å². The van der Waals surface area contributed by atoms with Crippen LogP contribution in [0.4, 0.5) is 0 Å². The first-order valence-electron chi connectivity index (χ1n) is 4.61. The Bertz CT molecular complexity index is 132. The molecule has 0 heterocycles. The maximum atomic E-state index is 11.3. The number of nitrogens with zero attached hydrogens (tertiary/aromatic N) is 1. The van der Waals surface area contributed by atoms with Crippen molar-refractivity contribution >= 4 is 5.91 Å². The van der Waals surface area contributed by atoms with Crippen molar-refractivity contribution < 1.29 is 4.79 Å². The van der Waals surface area contributed by atoms with Gasteiger partial charge in [0, 0.05) is 20.0 Å². The maximum absolute atomic E-state index is 11.3. The summed E-state index contributed by atoms with van der Waals surface area (Å²) in [5, 5.41) is 0. The molecule has 0 rings (SSSR count). The van der Waals surface area contributed by atoms with Crippen LogP contribution in [0.15, 0.2) is 0 Å². The second-order valence-corrected chi connectivity index (χ2v) is 3.63. The molecule has 0 aromatic rings. The average Bonchev–Trinajstić information content (AvgIpc) is 1.98. The molecule has 71 valence electrons. The molecule has 12 heavy (non-hydrogen) atoms. The van der Waals surface area contributed by atoms with Crippen LogP contribution in [-0.4, -0.2) is 24.4 Å². The molecule has 1 amide bonds. The van der Waals surface area contributed by atoms with E-state index in [4.69, 9.17) is 0 Å². The van der Waals surface area contributed by atoms with E-state index in [2.05, 4.69) is 20.8 Å². The van der Waals surface area contributed by atoms with Crippen LogP contribution in [0.5, 0.6) is 0 Å². The topological polar surface area (TPSA) is 20.3 Å². The molecule has 0 aromatic heterocycles. The zero-order chi connectivity index (χ0) is 9.56. The Kier molecular flexibility index (Phi) is 5.77. The molecular weight excluding hydrogens is 150 g/mol. The number of carbonyl (C=O) groups excluding carboxylic acids is 1. The predicted octanol–water partition coefficient (Wildman–Crippen LogP) is 2.11. The second kappa shape index (κ2) is 6.04. The number of rotatable bonds is 5. The highest BCUT2D eigenvalue weighted by molar-refractivity contribution is 5.75. The first-order chi connectivity index (χ1) is 5.57. The van der Waals surface area contributed by atoms with Crippen molar-refractivity contribution in [2.24, 2.45) is 5.92 Å². The van der Waals surface area contributed by atoms with E-state index >= 15 is 0 Å². The third-order valence-corrected chi connectivity index (χ3v) is 1.71. The van der Waals surface area contributed by atoms with E-state index in [1.165, 1.54) is 0 Å². The zero-order valence-corrected chi connectivity index (χ0v) is 8.47. The third-order valence-electron chi connectivity index (χ3n) is 1.71. The largest absolute Gasteiger partial charge is 0.346 e. The lowest BCUT2D eigenvalue weighted by molar-refractivity contribution is -0.130. The number of amides is 1. The van der Waals surface area contributed by atoms with E-state index in [0.29, 0.717) is 12.3 Å². The molecule has 0 bridgehead atoms. The minimum Gasteiger partial charge on any atom is -0.346 e. The Morgan fingerprint density at radius 2 is 2.08 bits per heavy atom. The van der Waals surface area contributed by atoms with Gasteiger partial charge in [0.05, 0.1) is 0 Å². The summed E-state index contributed by atoms with van der Waals surface area (Å²) < 4.78 is 0. The molecule has 0 aliphatic rings. The normalized spacial score (nSPS) is 10.4. The smallest absolute Gasteiger partial charge is 0.222 e. The van der Waals surface area contributed by atoms with E-state index in [0.717, 1.165) is 19.4 Å². The molecule has 0 fully saturated rings. The molecule has 0 unspecified atom stereocenters. The number of hydrogen-bond donors (Lipinski definition) is 0. The number of hydrogen-bond acceptors (Lipinski definition) is 1. The summed E-state index contributed by atoms with van der Waals surface area (Å²) in [6, 6.07) is 0. The van der Waals surface area contributed by atoms with Gasteiger partial charge in [-0.2, -0.15) is 0 Å². The lowest BCUT2D eigenvalue weighted by atomic mass is 10.2. The maximum Gasteiger partial charge on any atom is 0.222 e. The molecule has 2 nitrogen and oxygen atoms in total. The van der Waals surface area contributed by atoms with Gasteiger partial charge in [-0.15, -0.1) is 0 Å². The highest BCUT2D eigenvalue weighted by Gasteiger charge is 2.08. The minimum absolute atomic E-state index is 0.243. The summed E-state index contributed by atoms with van der Waals surface area (Å²) in [7, 11) is 1.87. The Morgan fingerprint density at radius 3 is 2.50 bits per heavy atom. The van der Waals surface area contributed by atoms with Crippen LogP contribution < -0.4 is 0 Å². The molecule has 0 N–H and O–H groups in total. The summed E-state index contributed by atoms with van der Waals surface area (Å²) >= 11 is 0. The van der Waals surface area contributed by atoms with Crippen LogP contribution in [0.2, 0.25) is 0 Å². The first kappa shape index (κ1) is 11.5. The van der Waals surface area contributed by atoms with Crippen LogP contribution in [0, 0.1) is 12.8 Å². The fraction of sp³-hybridized carbons (Fsp3) is 0.800. The predicted molar refractivity (Wildman–Crippen MR) is 51.7 cm³/mol. The Hall–Kier alpha value is -0.530. The molecule has 1 radical (unpaired) electrons. The lowest BCUT2D eigenvalue weighted by Crippen LogP contribution is -2.29.